The lowest BCUT2D eigenvalue weighted by atomic mass is 9.88. The quantitative estimate of drug-likeness (QED) is 0.871. The number of halogens is 1. The van der Waals surface area contributed by atoms with Gasteiger partial charge >= 0.3 is 0 Å². The average Bonchev–Trinajstić information content (AvgIpc) is 2.80. The number of nitrogens with one attached hydrogen (secondary N) is 2. The summed E-state index contributed by atoms with van der Waals surface area (Å²) in [5, 5.41) is 6.27. The number of carbonyl (C=O) groups is 1. The third kappa shape index (κ3) is 3.53. The Balaban J connectivity index is 1.88. The van der Waals surface area contributed by atoms with Crippen molar-refractivity contribution in [2.24, 2.45) is 5.41 Å². The summed E-state index contributed by atoms with van der Waals surface area (Å²) in [6.45, 7) is 5.61. The number of rotatable bonds is 4. The molecule has 0 saturated carbocycles. The maximum absolute atomic E-state index is 12.8. The smallest absolute Gasteiger partial charge is 0.227 e. The van der Waals surface area contributed by atoms with Crippen LogP contribution < -0.4 is 10.6 Å². The van der Waals surface area contributed by atoms with Crippen molar-refractivity contribution in [3.63, 3.8) is 0 Å². The van der Waals surface area contributed by atoms with E-state index in [-0.39, 0.29) is 23.2 Å². The molecule has 2 unspecified atom stereocenters. The standard InChI is InChI=1S/C15H21FN2O/c1-11(9-12-3-5-13(16)6-4-12)18-14(19)15(2)7-8-17-10-15/h3-6,11,17H,7-10H2,1-2H3,(H,18,19). The van der Waals surface area contributed by atoms with Gasteiger partial charge in [-0.3, -0.25) is 4.79 Å². The molecule has 4 heteroatoms. The Morgan fingerprint density at radius 2 is 2.16 bits per heavy atom. The van der Waals surface area contributed by atoms with E-state index in [1.54, 1.807) is 12.1 Å². The highest BCUT2D eigenvalue weighted by Gasteiger charge is 2.36. The van der Waals surface area contributed by atoms with Crippen molar-refractivity contribution >= 4 is 5.91 Å². The van der Waals surface area contributed by atoms with E-state index in [4.69, 9.17) is 0 Å². The number of carbonyl (C=O) groups excluding carboxylic acids is 1. The Labute approximate surface area is 113 Å². The Morgan fingerprint density at radius 1 is 1.47 bits per heavy atom. The van der Waals surface area contributed by atoms with E-state index >= 15 is 0 Å². The molecule has 0 aromatic heterocycles. The van der Waals surface area contributed by atoms with Crippen molar-refractivity contribution in [3.05, 3.63) is 35.6 Å². The zero-order valence-corrected chi connectivity index (χ0v) is 11.5. The van der Waals surface area contributed by atoms with Gasteiger partial charge < -0.3 is 10.6 Å². The topological polar surface area (TPSA) is 41.1 Å². The highest BCUT2D eigenvalue weighted by molar-refractivity contribution is 5.83. The molecule has 0 spiro atoms. The normalized spacial score (nSPS) is 24.2. The maximum atomic E-state index is 12.8. The van der Waals surface area contributed by atoms with Crippen molar-refractivity contribution < 1.29 is 9.18 Å². The van der Waals surface area contributed by atoms with Crippen LogP contribution in [0.3, 0.4) is 0 Å². The first-order chi connectivity index (χ1) is 8.99. The molecule has 3 nitrogen and oxygen atoms in total. The van der Waals surface area contributed by atoms with Crippen LogP contribution in [-0.2, 0) is 11.2 Å². The first-order valence-electron chi connectivity index (χ1n) is 6.76. The highest BCUT2D eigenvalue weighted by atomic mass is 19.1. The number of amides is 1. The van der Waals surface area contributed by atoms with Crippen molar-refractivity contribution in [2.75, 3.05) is 13.1 Å². The number of hydrogen-bond acceptors (Lipinski definition) is 2. The summed E-state index contributed by atoms with van der Waals surface area (Å²) in [6.07, 6.45) is 1.59. The van der Waals surface area contributed by atoms with Crippen LogP contribution in [0, 0.1) is 11.2 Å². The molecule has 0 aliphatic carbocycles. The van der Waals surface area contributed by atoms with Crippen LogP contribution in [0.25, 0.3) is 0 Å². The molecule has 1 aromatic rings. The summed E-state index contributed by atoms with van der Waals surface area (Å²) in [6, 6.07) is 6.47. The van der Waals surface area contributed by atoms with Gasteiger partial charge in [0.05, 0.1) is 5.41 Å². The highest BCUT2D eigenvalue weighted by Crippen LogP contribution is 2.24. The molecule has 1 aliphatic rings. The minimum absolute atomic E-state index is 0.0513. The van der Waals surface area contributed by atoms with E-state index in [2.05, 4.69) is 10.6 Å². The zero-order valence-electron chi connectivity index (χ0n) is 11.5. The zero-order chi connectivity index (χ0) is 13.9. The molecule has 1 saturated heterocycles. The van der Waals surface area contributed by atoms with Crippen molar-refractivity contribution in [3.8, 4) is 0 Å². The maximum Gasteiger partial charge on any atom is 0.227 e. The van der Waals surface area contributed by atoms with E-state index in [9.17, 15) is 9.18 Å². The Hall–Kier alpha value is -1.42. The van der Waals surface area contributed by atoms with E-state index in [1.807, 2.05) is 13.8 Å². The van der Waals surface area contributed by atoms with Crippen molar-refractivity contribution in [2.45, 2.75) is 32.7 Å². The molecule has 2 N–H and O–H groups in total. The minimum Gasteiger partial charge on any atom is -0.353 e. The van der Waals surface area contributed by atoms with Gasteiger partial charge in [-0.15, -0.1) is 0 Å². The summed E-state index contributed by atoms with van der Waals surface area (Å²) >= 11 is 0. The lowest BCUT2D eigenvalue weighted by Gasteiger charge is -2.24. The van der Waals surface area contributed by atoms with Crippen LogP contribution in [0.15, 0.2) is 24.3 Å². The summed E-state index contributed by atoms with van der Waals surface area (Å²) in [5.41, 5.74) is 0.737. The van der Waals surface area contributed by atoms with Gasteiger partial charge in [-0.1, -0.05) is 12.1 Å². The fraction of sp³-hybridized carbons (Fsp3) is 0.533. The third-order valence-corrected chi connectivity index (χ3v) is 3.75. The third-order valence-electron chi connectivity index (χ3n) is 3.75. The minimum atomic E-state index is -0.295. The molecule has 2 atom stereocenters. The number of hydrogen-bond donors (Lipinski definition) is 2. The van der Waals surface area contributed by atoms with Crippen molar-refractivity contribution in [1.82, 2.24) is 10.6 Å². The monoisotopic (exact) mass is 264 g/mol. The molecule has 1 aromatic carbocycles. The van der Waals surface area contributed by atoms with Gasteiger partial charge in [0.1, 0.15) is 5.82 Å². The molecule has 0 radical (unpaired) electrons. The van der Waals surface area contributed by atoms with Crippen LogP contribution in [0.5, 0.6) is 0 Å². The van der Waals surface area contributed by atoms with Crippen LogP contribution in [-0.4, -0.2) is 25.0 Å². The van der Waals surface area contributed by atoms with Gasteiger partial charge in [-0.2, -0.15) is 0 Å². The summed E-state index contributed by atoms with van der Waals surface area (Å²) in [7, 11) is 0. The first kappa shape index (κ1) is 14.0. The van der Waals surface area contributed by atoms with Gasteiger partial charge in [0.2, 0.25) is 5.91 Å². The van der Waals surface area contributed by atoms with Gasteiger partial charge in [-0.25, -0.2) is 4.39 Å². The SMILES string of the molecule is CC(Cc1ccc(F)cc1)NC(=O)C1(C)CCNC1. The molecule has 2 rings (SSSR count). The predicted molar refractivity (Wildman–Crippen MR) is 73.3 cm³/mol. The fourth-order valence-corrected chi connectivity index (χ4v) is 2.43. The molecule has 1 aliphatic heterocycles. The Morgan fingerprint density at radius 3 is 2.74 bits per heavy atom. The second-order valence-corrected chi connectivity index (χ2v) is 5.69. The van der Waals surface area contributed by atoms with E-state index < -0.39 is 0 Å². The summed E-state index contributed by atoms with van der Waals surface area (Å²) < 4.78 is 12.8. The van der Waals surface area contributed by atoms with Crippen LogP contribution >= 0.6 is 0 Å². The average molecular weight is 264 g/mol. The molecule has 104 valence electrons. The molecule has 1 amide bonds. The van der Waals surface area contributed by atoms with Crippen LogP contribution in [0.2, 0.25) is 0 Å². The lowest BCUT2D eigenvalue weighted by molar-refractivity contribution is -0.129. The number of benzene rings is 1. The van der Waals surface area contributed by atoms with Crippen LogP contribution in [0.1, 0.15) is 25.8 Å². The second kappa shape index (κ2) is 5.70. The van der Waals surface area contributed by atoms with E-state index in [0.717, 1.165) is 31.5 Å². The molecular formula is C15H21FN2O. The predicted octanol–water partition coefficient (Wildman–Crippen LogP) is 1.87. The molecule has 0 bridgehead atoms. The molecular weight excluding hydrogens is 243 g/mol. The van der Waals surface area contributed by atoms with Gasteiger partial charge in [0.15, 0.2) is 0 Å². The lowest BCUT2D eigenvalue weighted by Crippen LogP contribution is -2.44. The Kier molecular flexibility index (Phi) is 4.20. The van der Waals surface area contributed by atoms with Crippen molar-refractivity contribution in [1.29, 1.82) is 0 Å². The molecule has 19 heavy (non-hydrogen) atoms. The first-order valence-corrected chi connectivity index (χ1v) is 6.76. The summed E-state index contributed by atoms with van der Waals surface area (Å²) in [4.78, 5) is 12.2. The molecule has 1 fully saturated rings. The second-order valence-electron chi connectivity index (χ2n) is 5.69. The fourth-order valence-electron chi connectivity index (χ4n) is 2.43. The Bertz CT molecular complexity index is 438. The van der Waals surface area contributed by atoms with E-state index in [0.29, 0.717) is 0 Å². The van der Waals surface area contributed by atoms with Gasteiger partial charge in [0, 0.05) is 12.6 Å². The van der Waals surface area contributed by atoms with E-state index in [1.165, 1.54) is 12.1 Å². The van der Waals surface area contributed by atoms with Gasteiger partial charge in [-0.05, 0) is 50.9 Å². The van der Waals surface area contributed by atoms with Crippen LogP contribution in [0.4, 0.5) is 4.39 Å². The largest absolute Gasteiger partial charge is 0.353 e. The summed E-state index contributed by atoms with van der Waals surface area (Å²) in [5.74, 6) is -0.128. The molecule has 1 heterocycles. The van der Waals surface area contributed by atoms with Gasteiger partial charge in [0.25, 0.3) is 0 Å².